The van der Waals surface area contributed by atoms with Crippen molar-refractivity contribution in [3.63, 3.8) is 0 Å². The molecule has 2 aromatic rings. The third-order valence-corrected chi connectivity index (χ3v) is 7.51. The number of hydrogen-bond acceptors (Lipinski definition) is 4. The van der Waals surface area contributed by atoms with Crippen LogP contribution >= 0.6 is 0 Å². The molecule has 10 heteroatoms. The first-order valence-electron chi connectivity index (χ1n) is 10.5. The Morgan fingerprint density at radius 2 is 1.70 bits per heavy atom. The van der Waals surface area contributed by atoms with E-state index in [0.717, 1.165) is 22.0 Å². The number of ketones is 1. The number of nitrogens with one attached hydrogen (secondary N) is 1. The molecule has 0 aromatic heterocycles. The minimum atomic E-state index is -4.47. The summed E-state index contributed by atoms with van der Waals surface area (Å²) in [6.45, 7) is 3.75. The lowest BCUT2D eigenvalue weighted by Crippen LogP contribution is -2.53. The van der Waals surface area contributed by atoms with Gasteiger partial charge in [0.1, 0.15) is 11.8 Å². The Morgan fingerprint density at radius 3 is 2.24 bits per heavy atom. The Kier molecular flexibility index (Phi) is 7.28. The zero-order valence-electron chi connectivity index (χ0n) is 18.2. The van der Waals surface area contributed by atoms with Crippen LogP contribution in [0.1, 0.15) is 49.3 Å². The Labute approximate surface area is 190 Å². The number of halogens is 3. The Hall–Kier alpha value is -2.72. The molecule has 3 rings (SSSR count). The van der Waals surface area contributed by atoms with Crippen molar-refractivity contribution in [3.8, 4) is 0 Å². The molecule has 0 radical (unpaired) electrons. The molecule has 1 heterocycles. The number of hydrogen-bond donors (Lipinski definition) is 1. The van der Waals surface area contributed by atoms with Crippen LogP contribution in [-0.2, 0) is 32.3 Å². The van der Waals surface area contributed by atoms with E-state index in [2.05, 4.69) is 5.32 Å². The van der Waals surface area contributed by atoms with Crippen molar-refractivity contribution in [2.45, 2.75) is 56.3 Å². The van der Waals surface area contributed by atoms with Gasteiger partial charge in [-0.3, -0.25) is 9.59 Å². The number of alkyl halides is 3. The fourth-order valence-corrected chi connectivity index (χ4v) is 5.19. The summed E-state index contributed by atoms with van der Waals surface area (Å²) >= 11 is 0. The average Bonchev–Trinajstić information content (AvgIpc) is 2.77. The van der Waals surface area contributed by atoms with E-state index < -0.39 is 33.7 Å². The van der Waals surface area contributed by atoms with Crippen molar-refractivity contribution in [1.82, 2.24) is 9.62 Å². The second kappa shape index (κ2) is 9.64. The Morgan fingerprint density at radius 1 is 1.09 bits per heavy atom. The lowest BCUT2D eigenvalue weighted by atomic mass is 10.0. The number of sulfonamides is 1. The molecule has 2 aromatic carbocycles. The molecule has 1 atom stereocenters. The molecule has 0 bridgehead atoms. The van der Waals surface area contributed by atoms with Crippen molar-refractivity contribution in [2.75, 3.05) is 6.54 Å². The fourth-order valence-electron chi connectivity index (χ4n) is 3.60. The van der Waals surface area contributed by atoms with Crippen molar-refractivity contribution < 1.29 is 31.2 Å². The zero-order valence-corrected chi connectivity index (χ0v) is 19.0. The second-order valence-electron chi connectivity index (χ2n) is 8.26. The maximum Gasteiger partial charge on any atom is 0.416 e. The van der Waals surface area contributed by atoms with Crippen LogP contribution < -0.4 is 5.32 Å². The molecule has 1 amide bonds. The molecule has 1 unspecified atom stereocenters. The number of carbonyl (C=O) groups excluding carboxylic acids is 2. The van der Waals surface area contributed by atoms with Gasteiger partial charge in [-0.1, -0.05) is 38.1 Å². The van der Waals surface area contributed by atoms with Gasteiger partial charge in [-0.05, 0) is 41.3 Å². The number of nitrogens with zero attached hydrogens (tertiary/aromatic N) is 1. The second-order valence-corrected chi connectivity index (χ2v) is 10.2. The van der Waals surface area contributed by atoms with E-state index in [-0.39, 0.29) is 42.5 Å². The maximum atomic E-state index is 13.2. The lowest BCUT2D eigenvalue weighted by molar-refractivity contribution is -0.137. The van der Waals surface area contributed by atoms with Gasteiger partial charge in [0, 0.05) is 25.9 Å². The predicted molar refractivity (Wildman–Crippen MR) is 116 cm³/mol. The molecule has 1 fully saturated rings. The number of Topliss-reactive ketones (excluding diaryl/α,β-unsaturated/α-hetero) is 1. The van der Waals surface area contributed by atoms with Crippen LogP contribution in [0.25, 0.3) is 0 Å². The predicted octanol–water partition coefficient (Wildman–Crippen LogP) is 3.87. The molecule has 1 aliphatic rings. The molecule has 1 aliphatic heterocycles. The van der Waals surface area contributed by atoms with Crippen LogP contribution in [0.4, 0.5) is 13.2 Å². The van der Waals surface area contributed by atoms with Crippen LogP contribution in [0.15, 0.2) is 53.4 Å². The standard InChI is InChI=1S/C23H25F3N2O4S/c1-15(2)17-5-9-20(10-6-17)33(31,32)28-12-11-19(29)13-21(28)22(30)27-14-16-3-7-18(8-4-16)23(24,25)26/h3-10,15,21H,11-14H2,1-2H3,(H,27,30). The molecular weight excluding hydrogens is 457 g/mol. The highest BCUT2D eigenvalue weighted by atomic mass is 32.2. The summed E-state index contributed by atoms with van der Waals surface area (Å²) < 4.78 is 65.6. The normalized spacial score (nSPS) is 17.9. The van der Waals surface area contributed by atoms with Crippen molar-refractivity contribution in [3.05, 3.63) is 65.2 Å². The van der Waals surface area contributed by atoms with Gasteiger partial charge in [0.15, 0.2) is 0 Å². The highest BCUT2D eigenvalue weighted by Crippen LogP contribution is 2.29. The van der Waals surface area contributed by atoms with Gasteiger partial charge in [0.25, 0.3) is 0 Å². The highest BCUT2D eigenvalue weighted by molar-refractivity contribution is 7.89. The largest absolute Gasteiger partial charge is 0.416 e. The molecule has 0 aliphatic carbocycles. The van der Waals surface area contributed by atoms with Gasteiger partial charge in [0.05, 0.1) is 10.5 Å². The average molecular weight is 483 g/mol. The quantitative estimate of drug-likeness (QED) is 0.678. The summed E-state index contributed by atoms with van der Waals surface area (Å²) in [6, 6.07) is 9.46. The zero-order chi connectivity index (χ0) is 24.4. The monoisotopic (exact) mass is 482 g/mol. The number of rotatable bonds is 6. The van der Waals surface area contributed by atoms with Crippen molar-refractivity contribution >= 4 is 21.7 Å². The van der Waals surface area contributed by atoms with Crippen LogP contribution in [0.2, 0.25) is 0 Å². The molecule has 178 valence electrons. The number of piperidine rings is 1. The third kappa shape index (κ3) is 5.80. The number of carbonyl (C=O) groups is 2. The smallest absolute Gasteiger partial charge is 0.351 e. The van der Waals surface area contributed by atoms with E-state index in [4.69, 9.17) is 0 Å². The van der Waals surface area contributed by atoms with E-state index in [1.54, 1.807) is 12.1 Å². The summed E-state index contributed by atoms with van der Waals surface area (Å²) in [6.07, 6.45) is -4.72. The lowest BCUT2D eigenvalue weighted by Gasteiger charge is -2.33. The summed E-state index contributed by atoms with van der Waals surface area (Å²) in [7, 11) is -4.03. The SMILES string of the molecule is CC(C)c1ccc(S(=O)(=O)N2CCC(=O)CC2C(=O)NCc2ccc(C(F)(F)F)cc2)cc1. The van der Waals surface area contributed by atoms with Crippen LogP contribution in [0.5, 0.6) is 0 Å². The van der Waals surface area contributed by atoms with Gasteiger partial charge in [-0.25, -0.2) is 8.42 Å². The maximum absolute atomic E-state index is 13.2. The van der Waals surface area contributed by atoms with Crippen LogP contribution in [0, 0.1) is 0 Å². The van der Waals surface area contributed by atoms with E-state index in [9.17, 15) is 31.2 Å². The molecule has 1 saturated heterocycles. The van der Waals surface area contributed by atoms with Crippen molar-refractivity contribution in [2.24, 2.45) is 0 Å². The van der Waals surface area contributed by atoms with Crippen molar-refractivity contribution in [1.29, 1.82) is 0 Å². The Bertz CT molecular complexity index is 1110. The van der Waals surface area contributed by atoms with E-state index in [1.807, 2.05) is 13.8 Å². The first-order valence-corrected chi connectivity index (χ1v) is 11.9. The van der Waals surface area contributed by atoms with E-state index in [0.29, 0.717) is 5.56 Å². The molecular formula is C23H25F3N2O4S. The first-order chi connectivity index (χ1) is 15.4. The topological polar surface area (TPSA) is 83.6 Å². The van der Waals surface area contributed by atoms with E-state index in [1.165, 1.54) is 24.3 Å². The van der Waals surface area contributed by atoms with E-state index >= 15 is 0 Å². The summed E-state index contributed by atoms with van der Waals surface area (Å²) in [5.74, 6) is -0.685. The van der Waals surface area contributed by atoms with Gasteiger partial charge in [-0.15, -0.1) is 0 Å². The molecule has 6 nitrogen and oxygen atoms in total. The van der Waals surface area contributed by atoms with Gasteiger partial charge >= 0.3 is 6.18 Å². The molecule has 1 N–H and O–H groups in total. The highest BCUT2D eigenvalue weighted by Gasteiger charge is 2.40. The summed E-state index contributed by atoms with van der Waals surface area (Å²) in [4.78, 5) is 24.9. The molecule has 33 heavy (non-hydrogen) atoms. The van der Waals surface area contributed by atoms with Crippen LogP contribution in [0.3, 0.4) is 0 Å². The fraction of sp³-hybridized carbons (Fsp3) is 0.391. The van der Waals surface area contributed by atoms with Gasteiger partial charge in [-0.2, -0.15) is 17.5 Å². The summed E-state index contributed by atoms with van der Waals surface area (Å²) in [5, 5.41) is 2.55. The van der Waals surface area contributed by atoms with Gasteiger partial charge < -0.3 is 5.32 Å². The minimum Gasteiger partial charge on any atom is -0.351 e. The van der Waals surface area contributed by atoms with Gasteiger partial charge in [0.2, 0.25) is 15.9 Å². The first kappa shape index (κ1) is 24.9. The number of benzene rings is 2. The molecule has 0 saturated carbocycles. The minimum absolute atomic E-state index is 0.00594. The summed E-state index contributed by atoms with van der Waals surface area (Å²) in [5.41, 5.74) is 0.571. The van der Waals surface area contributed by atoms with Crippen LogP contribution in [-0.4, -0.2) is 37.0 Å². The molecule has 0 spiro atoms. The number of amides is 1. The Balaban J connectivity index is 1.76. The third-order valence-electron chi connectivity index (χ3n) is 5.58.